The zero-order chi connectivity index (χ0) is 23.5. The molecule has 2 aliphatic carbocycles. The number of para-hydroxylation sites is 1. The van der Waals surface area contributed by atoms with Crippen molar-refractivity contribution in [2.24, 2.45) is 0 Å². The van der Waals surface area contributed by atoms with Gasteiger partial charge in [-0.1, -0.05) is 24.3 Å². The van der Waals surface area contributed by atoms with Crippen LogP contribution in [-0.4, -0.2) is 28.8 Å². The number of amides is 2. The van der Waals surface area contributed by atoms with Gasteiger partial charge in [0.05, 0.1) is 23.6 Å². The van der Waals surface area contributed by atoms with Crippen LogP contribution in [0.15, 0.2) is 42.5 Å². The molecule has 178 valence electrons. The van der Waals surface area contributed by atoms with E-state index in [2.05, 4.69) is 22.0 Å². The van der Waals surface area contributed by atoms with Gasteiger partial charge >= 0.3 is 6.03 Å². The highest BCUT2D eigenvalue weighted by atomic mass is 32.1. The minimum Gasteiger partial charge on any atom is -0.488 e. The Kier molecular flexibility index (Phi) is 6.69. The Morgan fingerprint density at radius 3 is 2.68 bits per heavy atom. The van der Waals surface area contributed by atoms with Crippen molar-refractivity contribution in [2.45, 2.75) is 57.7 Å². The lowest BCUT2D eigenvalue weighted by Crippen LogP contribution is -2.28. The van der Waals surface area contributed by atoms with Crippen molar-refractivity contribution in [1.29, 1.82) is 0 Å². The van der Waals surface area contributed by atoms with E-state index in [1.54, 1.807) is 11.3 Å². The highest BCUT2D eigenvalue weighted by Crippen LogP contribution is 2.42. The summed E-state index contributed by atoms with van der Waals surface area (Å²) < 4.78 is 6.47. The second-order valence-electron chi connectivity index (χ2n) is 8.78. The van der Waals surface area contributed by atoms with E-state index in [9.17, 15) is 9.90 Å². The second kappa shape index (κ2) is 10.0. The summed E-state index contributed by atoms with van der Waals surface area (Å²) in [4.78, 5) is 17.7. The van der Waals surface area contributed by atoms with Gasteiger partial charge in [0.15, 0.2) is 10.9 Å². The normalized spacial score (nSPS) is 17.4. The Hall–Kier alpha value is -3.10. The van der Waals surface area contributed by atoms with Gasteiger partial charge in [-0.3, -0.25) is 0 Å². The molecule has 34 heavy (non-hydrogen) atoms. The minimum atomic E-state index is -0.473. The number of aromatic nitrogens is 1. The Labute approximate surface area is 203 Å². The molecule has 1 atom stereocenters. The van der Waals surface area contributed by atoms with Crippen LogP contribution in [0.4, 0.5) is 21.3 Å². The van der Waals surface area contributed by atoms with Gasteiger partial charge < -0.3 is 25.8 Å². The van der Waals surface area contributed by atoms with Crippen molar-refractivity contribution >= 4 is 33.9 Å². The first kappa shape index (κ1) is 22.7. The predicted octanol–water partition coefficient (Wildman–Crippen LogP) is 6.00. The van der Waals surface area contributed by atoms with Crippen molar-refractivity contribution in [1.82, 2.24) is 10.3 Å². The summed E-state index contributed by atoms with van der Waals surface area (Å²) in [6, 6.07) is 13.6. The molecule has 2 aliphatic rings. The summed E-state index contributed by atoms with van der Waals surface area (Å²) in [5.41, 5.74) is 4.41. The molecule has 1 saturated carbocycles. The number of ether oxygens (including phenoxy) is 1. The first-order chi connectivity index (χ1) is 16.6. The third kappa shape index (κ3) is 4.88. The first-order valence-electron chi connectivity index (χ1n) is 12.0. The molecule has 1 aromatic heterocycles. The molecule has 0 bridgehead atoms. The van der Waals surface area contributed by atoms with Crippen LogP contribution in [0.5, 0.6) is 5.75 Å². The Morgan fingerprint density at radius 2 is 1.97 bits per heavy atom. The number of aryl methyl sites for hydroxylation is 1. The number of anilines is 3. The number of rotatable bonds is 7. The number of nitrogens with one attached hydrogen (secondary N) is 3. The molecule has 0 aliphatic heterocycles. The largest absolute Gasteiger partial charge is 0.488 e. The van der Waals surface area contributed by atoms with Crippen LogP contribution < -0.4 is 20.7 Å². The smallest absolute Gasteiger partial charge is 0.319 e. The highest BCUT2D eigenvalue weighted by molar-refractivity contribution is 7.15. The zero-order valence-electron chi connectivity index (χ0n) is 19.3. The van der Waals surface area contributed by atoms with E-state index in [4.69, 9.17) is 9.72 Å². The summed E-state index contributed by atoms with van der Waals surface area (Å²) in [6.07, 6.45) is 5.77. The van der Waals surface area contributed by atoms with Crippen molar-refractivity contribution in [3.63, 3.8) is 0 Å². The van der Waals surface area contributed by atoms with Gasteiger partial charge in [-0.05, 0) is 69.2 Å². The number of thiazole rings is 1. The summed E-state index contributed by atoms with van der Waals surface area (Å²) in [7, 11) is 0. The molecule has 1 fully saturated rings. The number of hydrogen-bond donors (Lipinski definition) is 4. The van der Waals surface area contributed by atoms with Gasteiger partial charge in [0.25, 0.3) is 0 Å². The van der Waals surface area contributed by atoms with E-state index < -0.39 is 6.10 Å². The lowest BCUT2D eigenvalue weighted by molar-refractivity contribution is 0.122. The van der Waals surface area contributed by atoms with Crippen LogP contribution in [-0.2, 0) is 6.42 Å². The monoisotopic (exact) mass is 478 g/mol. The fraction of sp³-hybridized carbons (Fsp3) is 0.385. The van der Waals surface area contributed by atoms with E-state index >= 15 is 0 Å². The number of fused-ring (bicyclic) bond motifs is 1. The number of nitrogens with zero attached hydrogens (tertiary/aromatic N) is 1. The van der Waals surface area contributed by atoms with Crippen LogP contribution in [0.25, 0.3) is 11.1 Å². The van der Waals surface area contributed by atoms with Gasteiger partial charge in [-0.15, -0.1) is 11.3 Å². The van der Waals surface area contributed by atoms with Crippen molar-refractivity contribution in [2.75, 3.05) is 17.2 Å². The molecule has 0 spiro atoms. The molecule has 1 unspecified atom stereocenters. The lowest BCUT2D eigenvalue weighted by Gasteiger charge is -2.29. The predicted molar refractivity (Wildman–Crippen MR) is 136 cm³/mol. The zero-order valence-corrected chi connectivity index (χ0v) is 20.1. The summed E-state index contributed by atoms with van der Waals surface area (Å²) >= 11 is 1.61. The van der Waals surface area contributed by atoms with Crippen LogP contribution in [0, 0.1) is 0 Å². The third-order valence-electron chi connectivity index (χ3n) is 6.31. The van der Waals surface area contributed by atoms with E-state index in [1.165, 1.54) is 6.42 Å². The number of urea groups is 1. The molecule has 4 N–H and O–H groups in total. The number of aliphatic hydroxyl groups excluding tert-OH is 1. The van der Waals surface area contributed by atoms with Crippen molar-refractivity contribution < 1.29 is 14.6 Å². The average molecular weight is 479 g/mol. The lowest BCUT2D eigenvalue weighted by atomic mass is 9.95. The summed E-state index contributed by atoms with van der Waals surface area (Å²) in [5.74, 6) is 0.811. The van der Waals surface area contributed by atoms with Crippen LogP contribution >= 0.6 is 11.3 Å². The quantitative estimate of drug-likeness (QED) is 0.334. The first-order valence-corrected chi connectivity index (χ1v) is 12.8. The maximum atomic E-state index is 11.8. The van der Waals surface area contributed by atoms with Crippen LogP contribution in [0.1, 0.15) is 55.7 Å². The fourth-order valence-corrected chi connectivity index (χ4v) is 5.35. The number of benzene rings is 2. The summed E-state index contributed by atoms with van der Waals surface area (Å²) in [6.45, 7) is 2.46. The van der Waals surface area contributed by atoms with Gasteiger partial charge in [0.2, 0.25) is 0 Å². The van der Waals surface area contributed by atoms with E-state index in [1.807, 2.05) is 43.3 Å². The van der Waals surface area contributed by atoms with Crippen LogP contribution in [0.3, 0.4) is 0 Å². The fourth-order valence-electron chi connectivity index (χ4n) is 4.28. The topological polar surface area (TPSA) is 95.5 Å². The molecular formula is C26H30N4O3S. The van der Waals surface area contributed by atoms with Gasteiger partial charge in [0, 0.05) is 22.7 Å². The molecule has 3 aromatic rings. The van der Waals surface area contributed by atoms with Gasteiger partial charge in [0.1, 0.15) is 0 Å². The number of aliphatic hydroxyl groups is 1. The molecule has 7 nitrogen and oxygen atoms in total. The molecule has 2 aromatic carbocycles. The molecule has 8 heteroatoms. The number of carbonyl (C=O) groups excluding carboxylic acids is 1. The molecule has 0 radical (unpaired) electrons. The van der Waals surface area contributed by atoms with E-state index in [-0.39, 0.29) is 12.1 Å². The number of carbonyl (C=O) groups is 1. The van der Waals surface area contributed by atoms with E-state index in [0.29, 0.717) is 6.54 Å². The maximum Gasteiger partial charge on any atom is 0.319 e. The average Bonchev–Trinajstić information content (AvgIpc) is 3.21. The molecular weight excluding hydrogens is 448 g/mol. The minimum absolute atomic E-state index is 0.215. The Morgan fingerprint density at radius 1 is 1.15 bits per heavy atom. The maximum absolute atomic E-state index is 11.8. The Bertz CT molecular complexity index is 1160. The second-order valence-corrected chi connectivity index (χ2v) is 9.86. The standard InChI is InChI=1S/C26H30N4O3S/c1-2-27-25(32)28-17-14-12-16(13-15-17)19-8-4-9-20(24(19)33-18-6-3-7-18)29-26-30-23-21(31)10-5-11-22(23)34-26/h4,8-9,12-15,18,21,31H,2-3,5-7,10-11H2,1H3,(H,29,30)(H2,27,28,32). The highest BCUT2D eigenvalue weighted by Gasteiger charge is 2.25. The van der Waals surface area contributed by atoms with E-state index in [0.717, 1.165) is 76.1 Å². The summed E-state index contributed by atoms with van der Waals surface area (Å²) in [5, 5.41) is 20.1. The Balaban J connectivity index is 1.43. The SMILES string of the molecule is CCNC(=O)Nc1ccc(-c2cccc(Nc3nc4c(s3)CCCC4O)c2OC2CCC2)cc1. The third-order valence-corrected chi connectivity index (χ3v) is 7.36. The molecule has 0 saturated heterocycles. The van der Waals surface area contributed by atoms with Gasteiger partial charge in [-0.25, -0.2) is 9.78 Å². The van der Waals surface area contributed by atoms with Crippen molar-refractivity contribution in [3.05, 3.63) is 53.0 Å². The van der Waals surface area contributed by atoms with Crippen molar-refractivity contribution in [3.8, 4) is 16.9 Å². The molecule has 5 rings (SSSR count). The number of hydrogen-bond acceptors (Lipinski definition) is 6. The molecule has 1 heterocycles. The molecule has 2 amide bonds. The van der Waals surface area contributed by atoms with Crippen LogP contribution in [0.2, 0.25) is 0 Å². The van der Waals surface area contributed by atoms with Gasteiger partial charge in [-0.2, -0.15) is 0 Å².